The lowest BCUT2D eigenvalue weighted by atomic mass is 10.1. The van der Waals surface area contributed by atoms with E-state index in [0.29, 0.717) is 13.1 Å². The van der Waals surface area contributed by atoms with Gasteiger partial charge in [-0.3, -0.25) is 14.7 Å². The van der Waals surface area contributed by atoms with Crippen LogP contribution in [0.15, 0.2) is 30.5 Å². The van der Waals surface area contributed by atoms with Crippen LogP contribution in [0, 0.1) is 11.3 Å². The number of nitrogens with zero attached hydrogens (tertiary/aromatic N) is 4. The molecule has 2 aliphatic heterocycles. The number of nitrogens with one attached hydrogen (secondary N) is 1. The van der Waals surface area contributed by atoms with Crippen LogP contribution in [0.5, 0.6) is 5.75 Å². The zero-order valence-corrected chi connectivity index (χ0v) is 16.1. The summed E-state index contributed by atoms with van der Waals surface area (Å²) in [7, 11) is 1.66. The number of aromatic nitrogens is 1. The normalized spacial score (nSPS) is 22.4. The summed E-state index contributed by atoms with van der Waals surface area (Å²) in [4.78, 5) is 20.9. The predicted molar refractivity (Wildman–Crippen MR) is 107 cm³/mol. The molecule has 7 heteroatoms. The van der Waals surface area contributed by atoms with Crippen molar-refractivity contribution in [2.45, 2.75) is 31.3 Å². The van der Waals surface area contributed by atoms with Gasteiger partial charge in [0.1, 0.15) is 11.8 Å². The predicted octanol–water partition coefficient (Wildman–Crippen LogP) is 2.24. The van der Waals surface area contributed by atoms with Crippen LogP contribution in [0.2, 0.25) is 0 Å². The van der Waals surface area contributed by atoms with E-state index in [1.54, 1.807) is 18.2 Å². The summed E-state index contributed by atoms with van der Waals surface area (Å²) in [5.74, 6) is 0.844. The number of methoxy groups -OCH3 is 1. The maximum absolute atomic E-state index is 12.6. The molecule has 1 aromatic carbocycles. The van der Waals surface area contributed by atoms with Gasteiger partial charge in [-0.1, -0.05) is 0 Å². The molecule has 0 saturated carbocycles. The number of pyridine rings is 1. The van der Waals surface area contributed by atoms with Crippen LogP contribution in [0.25, 0.3) is 10.9 Å². The van der Waals surface area contributed by atoms with E-state index in [9.17, 15) is 10.1 Å². The fourth-order valence-electron chi connectivity index (χ4n) is 4.19. The van der Waals surface area contributed by atoms with E-state index in [1.807, 2.05) is 18.2 Å². The van der Waals surface area contributed by atoms with Gasteiger partial charge in [-0.25, -0.2) is 0 Å². The molecule has 2 aliphatic rings. The highest BCUT2D eigenvalue weighted by molar-refractivity contribution is 5.92. The Bertz CT molecular complexity index is 909. The van der Waals surface area contributed by atoms with Crippen molar-refractivity contribution in [2.24, 2.45) is 0 Å². The Hall–Kier alpha value is -2.85. The molecule has 1 unspecified atom stereocenters. The molecule has 7 nitrogen and oxygen atoms in total. The third-order valence-corrected chi connectivity index (χ3v) is 5.64. The molecule has 1 N–H and O–H groups in total. The molecule has 2 fully saturated rings. The van der Waals surface area contributed by atoms with E-state index in [0.717, 1.165) is 54.7 Å². The summed E-state index contributed by atoms with van der Waals surface area (Å²) in [5, 5.41) is 13.9. The molecule has 2 aromatic rings. The number of amides is 1. The van der Waals surface area contributed by atoms with Gasteiger partial charge in [-0.05, 0) is 31.4 Å². The van der Waals surface area contributed by atoms with Crippen LogP contribution in [0.1, 0.15) is 19.3 Å². The second-order valence-electron chi connectivity index (χ2n) is 7.48. The van der Waals surface area contributed by atoms with Crippen molar-refractivity contribution in [2.75, 3.05) is 38.6 Å². The number of fused-ring (bicyclic) bond motifs is 1. The Kier molecular flexibility index (Phi) is 5.31. The number of carbonyl (C=O) groups excluding carboxylic acids is 1. The molecule has 0 radical (unpaired) electrons. The number of carbonyl (C=O) groups is 1. The average molecular weight is 379 g/mol. The van der Waals surface area contributed by atoms with E-state index >= 15 is 0 Å². The minimum Gasteiger partial charge on any atom is -0.497 e. The van der Waals surface area contributed by atoms with Crippen LogP contribution >= 0.6 is 0 Å². The van der Waals surface area contributed by atoms with Gasteiger partial charge in [0.05, 0.1) is 25.2 Å². The molecule has 3 heterocycles. The SMILES string of the molecule is COc1cc(N[C@@H]2CCN(CC(=O)N3CCCC3C#N)C2)c2cccnc2c1. The number of hydrogen-bond acceptors (Lipinski definition) is 6. The Morgan fingerprint density at radius 2 is 2.29 bits per heavy atom. The van der Waals surface area contributed by atoms with Crippen molar-refractivity contribution in [3.8, 4) is 11.8 Å². The number of nitriles is 1. The van der Waals surface area contributed by atoms with Crippen LogP contribution in [0.4, 0.5) is 5.69 Å². The maximum Gasteiger partial charge on any atom is 0.237 e. The number of likely N-dealkylation sites (tertiary alicyclic amines) is 2. The Morgan fingerprint density at radius 1 is 1.39 bits per heavy atom. The minimum atomic E-state index is -0.250. The van der Waals surface area contributed by atoms with Crippen molar-refractivity contribution in [1.82, 2.24) is 14.8 Å². The number of benzene rings is 1. The minimum absolute atomic E-state index is 0.0701. The molecule has 4 rings (SSSR count). The van der Waals surface area contributed by atoms with E-state index in [-0.39, 0.29) is 18.0 Å². The quantitative estimate of drug-likeness (QED) is 0.858. The number of ether oxygens (including phenoxy) is 1. The fraction of sp³-hybridized carbons (Fsp3) is 0.476. The summed E-state index contributed by atoms with van der Waals surface area (Å²) in [6.45, 7) is 2.76. The van der Waals surface area contributed by atoms with Crippen molar-refractivity contribution < 1.29 is 9.53 Å². The zero-order valence-electron chi connectivity index (χ0n) is 16.1. The third kappa shape index (κ3) is 3.73. The van der Waals surface area contributed by atoms with E-state index in [1.165, 1.54) is 0 Å². The first-order chi connectivity index (χ1) is 13.7. The standard InChI is InChI=1S/C21H25N5O2/c1-28-17-10-19-18(5-2-7-23-19)20(11-17)24-15-6-9-25(13-15)14-21(27)26-8-3-4-16(26)12-22/h2,5,7,10-11,15-16,24H,3-4,6,8-9,13-14H2,1H3/t15-,16?/m1/s1. The summed E-state index contributed by atoms with van der Waals surface area (Å²) in [6, 6.07) is 10.2. The second-order valence-corrected chi connectivity index (χ2v) is 7.48. The Morgan fingerprint density at radius 3 is 3.11 bits per heavy atom. The first-order valence-electron chi connectivity index (χ1n) is 9.78. The first kappa shape index (κ1) is 18.5. The smallest absolute Gasteiger partial charge is 0.237 e. The van der Waals surface area contributed by atoms with Crippen LogP contribution in [0.3, 0.4) is 0 Å². The lowest BCUT2D eigenvalue weighted by Gasteiger charge is -2.23. The highest BCUT2D eigenvalue weighted by atomic mass is 16.5. The van der Waals surface area contributed by atoms with E-state index in [2.05, 4.69) is 27.3 Å². The number of hydrogen-bond donors (Lipinski definition) is 1. The summed E-state index contributed by atoms with van der Waals surface area (Å²) in [6.07, 6.45) is 4.46. The zero-order chi connectivity index (χ0) is 19.5. The van der Waals surface area contributed by atoms with E-state index < -0.39 is 0 Å². The summed E-state index contributed by atoms with van der Waals surface area (Å²) in [5.41, 5.74) is 1.90. The molecule has 28 heavy (non-hydrogen) atoms. The third-order valence-electron chi connectivity index (χ3n) is 5.64. The maximum atomic E-state index is 12.6. The molecule has 2 saturated heterocycles. The Balaban J connectivity index is 1.41. The molecule has 0 bridgehead atoms. The van der Waals surface area contributed by atoms with Gasteiger partial charge < -0.3 is 15.0 Å². The molecular formula is C21H25N5O2. The molecule has 0 spiro atoms. The van der Waals surface area contributed by atoms with Crippen molar-refractivity contribution >= 4 is 22.5 Å². The van der Waals surface area contributed by atoms with Crippen molar-refractivity contribution in [3.05, 3.63) is 30.5 Å². The van der Waals surface area contributed by atoms with Gasteiger partial charge in [0.25, 0.3) is 0 Å². The van der Waals surface area contributed by atoms with Gasteiger partial charge in [0.15, 0.2) is 0 Å². The number of anilines is 1. The lowest BCUT2D eigenvalue weighted by molar-refractivity contribution is -0.132. The molecule has 1 amide bonds. The molecule has 2 atom stereocenters. The highest BCUT2D eigenvalue weighted by Gasteiger charge is 2.31. The fourth-order valence-corrected chi connectivity index (χ4v) is 4.19. The average Bonchev–Trinajstić information content (AvgIpc) is 3.37. The summed E-state index contributed by atoms with van der Waals surface area (Å²) >= 11 is 0. The van der Waals surface area contributed by atoms with Crippen molar-refractivity contribution in [1.29, 1.82) is 5.26 Å². The topological polar surface area (TPSA) is 81.5 Å². The van der Waals surface area contributed by atoms with Gasteiger partial charge in [-0.15, -0.1) is 0 Å². The monoisotopic (exact) mass is 379 g/mol. The van der Waals surface area contributed by atoms with Gasteiger partial charge in [0.2, 0.25) is 5.91 Å². The summed E-state index contributed by atoms with van der Waals surface area (Å²) < 4.78 is 5.41. The molecule has 1 aromatic heterocycles. The molecule has 0 aliphatic carbocycles. The largest absolute Gasteiger partial charge is 0.497 e. The number of rotatable bonds is 5. The first-order valence-corrected chi connectivity index (χ1v) is 9.78. The van der Waals surface area contributed by atoms with Gasteiger partial charge >= 0.3 is 0 Å². The van der Waals surface area contributed by atoms with Gasteiger partial charge in [0, 0.05) is 55.1 Å². The van der Waals surface area contributed by atoms with Crippen molar-refractivity contribution in [3.63, 3.8) is 0 Å². The molecular weight excluding hydrogens is 354 g/mol. The lowest BCUT2D eigenvalue weighted by Crippen LogP contribution is -2.42. The van der Waals surface area contributed by atoms with Crippen LogP contribution in [-0.2, 0) is 4.79 Å². The van der Waals surface area contributed by atoms with Crippen LogP contribution in [-0.4, -0.2) is 66.1 Å². The highest BCUT2D eigenvalue weighted by Crippen LogP contribution is 2.29. The Labute approximate surface area is 164 Å². The molecule has 146 valence electrons. The van der Waals surface area contributed by atoms with E-state index in [4.69, 9.17) is 4.74 Å². The second kappa shape index (κ2) is 8.03. The van der Waals surface area contributed by atoms with Gasteiger partial charge in [-0.2, -0.15) is 5.26 Å². The van der Waals surface area contributed by atoms with Crippen LogP contribution < -0.4 is 10.1 Å².